The van der Waals surface area contributed by atoms with Crippen LogP contribution >= 0.6 is 0 Å². The first-order valence-corrected chi connectivity index (χ1v) is 9.25. The largest absolute Gasteiger partial charge is 0.482 e. The molecule has 0 aliphatic heterocycles. The van der Waals surface area contributed by atoms with Gasteiger partial charge in [0.2, 0.25) is 0 Å². The molecule has 0 saturated carbocycles. The molecule has 0 aromatic heterocycles. The summed E-state index contributed by atoms with van der Waals surface area (Å²) in [5.74, 6) is -0.238. The first-order valence-electron chi connectivity index (χ1n) is 9.25. The second-order valence-electron chi connectivity index (χ2n) is 6.98. The Bertz CT molecular complexity index is 811. The second-order valence-corrected chi connectivity index (χ2v) is 6.98. The quantitative estimate of drug-likeness (QED) is 0.795. The van der Waals surface area contributed by atoms with Gasteiger partial charge in [0.25, 0.3) is 5.91 Å². The van der Waals surface area contributed by atoms with Gasteiger partial charge in [-0.2, -0.15) is 0 Å². The van der Waals surface area contributed by atoms with Crippen LogP contribution in [0.1, 0.15) is 41.1 Å². The third-order valence-corrected chi connectivity index (χ3v) is 4.62. The Balaban J connectivity index is 1.45. The number of hydrogen-bond donors (Lipinski definition) is 1. The number of nitrogens with one attached hydrogen (secondary N) is 1. The molecule has 2 aromatic carbocycles. The molecule has 1 amide bonds. The lowest BCUT2D eigenvalue weighted by atomic mass is 9.88. The maximum atomic E-state index is 12.2. The maximum Gasteiger partial charge on any atom is 0.344 e. The fourth-order valence-corrected chi connectivity index (χ4v) is 3.49. The van der Waals surface area contributed by atoms with Gasteiger partial charge < -0.3 is 14.8 Å². The molecule has 0 bridgehead atoms. The Hall–Kier alpha value is -2.82. The van der Waals surface area contributed by atoms with Crippen molar-refractivity contribution >= 4 is 11.9 Å². The van der Waals surface area contributed by atoms with Crippen LogP contribution in [0.15, 0.2) is 42.5 Å². The SMILES string of the molecule is Cc1cc(C)cc(OCC(=O)OCC(=O)N[C@H]2CCCc3ccccc32)c1. The highest BCUT2D eigenvalue weighted by Gasteiger charge is 2.21. The summed E-state index contributed by atoms with van der Waals surface area (Å²) in [5.41, 5.74) is 4.55. The van der Waals surface area contributed by atoms with Gasteiger partial charge in [0.1, 0.15) is 5.75 Å². The van der Waals surface area contributed by atoms with Gasteiger partial charge in [0.15, 0.2) is 13.2 Å². The molecule has 0 saturated heterocycles. The smallest absolute Gasteiger partial charge is 0.344 e. The van der Waals surface area contributed by atoms with E-state index in [9.17, 15) is 9.59 Å². The van der Waals surface area contributed by atoms with Crippen LogP contribution in [0.2, 0.25) is 0 Å². The van der Waals surface area contributed by atoms with Crippen molar-refractivity contribution in [3.05, 3.63) is 64.7 Å². The molecule has 5 heteroatoms. The van der Waals surface area contributed by atoms with Crippen LogP contribution in [-0.4, -0.2) is 25.1 Å². The van der Waals surface area contributed by atoms with Crippen molar-refractivity contribution in [2.24, 2.45) is 0 Å². The number of aryl methyl sites for hydroxylation is 3. The Labute approximate surface area is 159 Å². The molecule has 1 N–H and O–H groups in total. The highest BCUT2D eigenvalue weighted by Crippen LogP contribution is 2.29. The third kappa shape index (κ3) is 5.33. The average molecular weight is 367 g/mol. The zero-order chi connectivity index (χ0) is 19.2. The number of amides is 1. The summed E-state index contributed by atoms with van der Waals surface area (Å²) in [7, 11) is 0. The van der Waals surface area contributed by atoms with Crippen molar-refractivity contribution in [2.45, 2.75) is 39.2 Å². The van der Waals surface area contributed by atoms with Gasteiger partial charge in [-0.15, -0.1) is 0 Å². The number of ether oxygens (including phenoxy) is 2. The molecule has 1 atom stereocenters. The van der Waals surface area contributed by atoms with Crippen LogP contribution in [0.3, 0.4) is 0 Å². The first-order chi connectivity index (χ1) is 13.0. The maximum absolute atomic E-state index is 12.2. The molecule has 0 heterocycles. The van der Waals surface area contributed by atoms with Crippen LogP contribution in [0.5, 0.6) is 5.75 Å². The van der Waals surface area contributed by atoms with Crippen molar-refractivity contribution in [3.63, 3.8) is 0 Å². The zero-order valence-corrected chi connectivity index (χ0v) is 15.8. The highest BCUT2D eigenvalue weighted by molar-refractivity contribution is 5.81. The average Bonchev–Trinajstić information content (AvgIpc) is 2.64. The highest BCUT2D eigenvalue weighted by atomic mass is 16.6. The first kappa shape index (κ1) is 19.0. The molecule has 2 aromatic rings. The summed E-state index contributed by atoms with van der Waals surface area (Å²) in [5, 5.41) is 2.96. The Morgan fingerprint density at radius 2 is 1.81 bits per heavy atom. The number of carbonyl (C=O) groups excluding carboxylic acids is 2. The number of fused-ring (bicyclic) bond motifs is 1. The molecule has 0 radical (unpaired) electrons. The standard InChI is InChI=1S/C22H25NO4/c1-15-10-16(2)12-18(11-15)26-14-22(25)27-13-21(24)23-20-9-5-7-17-6-3-4-8-19(17)20/h3-4,6,8,10-12,20H,5,7,9,13-14H2,1-2H3,(H,23,24)/t20-/m0/s1. The number of rotatable bonds is 6. The minimum atomic E-state index is -0.562. The van der Waals surface area contributed by atoms with E-state index in [0.717, 1.165) is 36.0 Å². The molecule has 0 unspecified atom stereocenters. The van der Waals surface area contributed by atoms with Crippen LogP contribution in [0, 0.1) is 13.8 Å². The van der Waals surface area contributed by atoms with E-state index in [0.29, 0.717) is 5.75 Å². The molecule has 0 fully saturated rings. The summed E-state index contributed by atoms with van der Waals surface area (Å²) in [6.07, 6.45) is 2.96. The Morgan fingerprint density at radius 3 is 2.59 bits per heavy atom. The summed E-state index contributed by atoms with van der Waals surface area (Å²) in [6.45, 7) is 3.41. The molecule has 5 nitrogen and oxygen atoms in total. The monoisotopic (exact) mass is 367 g/mol. The minimum absolute atomic E-state index is 0.0207. The van der Waals surface area contributed by atoms with Crippen molar-refractivity contribution in [1.82, 2.24) is 5.32 Å². The van der Waals surface area contributed by atoms with E-state index in [2.05, 4.69) is 11.4 Å². The van der Waals surface area contributed by atoms with Crippen LogP contribution in [-0.2, 0) is 20.7 Å². The van der Waals surface area contributed by atoms with Gasteiger partial charge >= 0.3 is 5.97 Å². The lowest BCUT2D eigenvalue weighted by Gasteiger charge is -2.26. The molecule has 0 spiro atoms. The van der Waals surface area contributed by atoms with Crippen molar-refractivity contribution < 1.29 is 19.1 Å². The van der Waals surface area contributed by atoms with Crippen LogP contribution in [0.25, 0.3) is 0 Å². The van der Waals surface area contributed by atoms with Gasteiger partial charge in [-0.1, -0.05) is 30.3 Å². The van der Waals surface area contributed by atoms with Gasteiger partial charge in [-0.25, -0.2) is 4.79 Å². The molecule has 3 rings (SSSR count). The van der Waals surface area contributed by atoms with E-state index in [1.807, 2.05) is 50.2 Å². The topological polar surface area (TPSA) is 64.6 Å². The fraction of sp³-hybridized carbons (Fsp3) is 0.364. The molecule has 1 aliphatic carbocycles. The Morgan fingerprint density at radius 1 is 1.07 bits per heavy atom. The Kier molecular flexibility index (Phi) is 6.12. The van der Waals surface area contributed by atoms with E-state index in [4.69, 9.17) is 9.47 Å². The molecule has 142 valence electrons. The van der Waals surface area contributed by atoms with E-state index >= 15 is 0 Å². The zero-order valence-electron chi connectivity index (χ0n) is 15.8. The molecule has 1 aliphatic rings. The predicted octanol–water partition coefficient (Wildman–Crippen LogP) is 3.42. The fourth-order valence-electron chi connectivity index (χ4n) is 3.49. The third-order valence-electron chi connectivity index (χ3n) is 4.62. The number of benzene rings is 2. The normalized spacial score (nSPS) is 15.6. The van der Waals surface area contributed by atoms with Gasteiger partial charge in [-0.05, 0) is 67.5 Å². The second kappa shape index (κ2) is 8.71. The van der Waals surface area contributed by atoms with Crippen LogP contribution < -0.4 is 10.1 Å². The van der Waals surface area contributed by atoms with E-state index < -0.39 is 5.97 Å². The summed E-state index contributed by atoms with van der Waals surface area (Å²) < 4.78 is 10.5. The summed E-state index contributed by atoms with van der Waals surface area (Å²) in [6, 6.07) is 13.8. The van der Waals surface area contributed by atoms with Gasteiger partial charge in [0, 0.05) is 0 Å². The van der Waals surface area contributed by atoms with Crippen LogP contribution in [0.4, 0.5) is 0 Å². The van der Waals surface area contributed by atoms with Crippen molar-refractivity contribution in [3.8, 4) is 5.75 Å². The predicted molar refractivity (Wildman–Crippen MR) is 103 cm³/mol. The minimum Gasteiger partial charge on any atom is -0.482 e. The van der Waals surface area contributed by atoms with Crippen molar-refractivity contribution in [2.75, 3.05) is 13.2 Å². The van der Waals surface area contributed by atoms with Gasteiger partial charge in [-0.3, -0.25) is 4.79 Å². The number of carbonyl (C=O) groups is 2. The molecule has 27 heavy (non-hydrogen) atoms. The van der Waals surface area contributed by atoms with E-state index in [1.165, 1.54) is 5.56 Å². The number of esters is 1. The van der Waals surface area contributed by atoms with E-state index in [1.54, 1.807) is 0 Å². The number of hydrogen-bond acceptors (Lipinski definition) is 4. The summed E-state index contributed by atoms with van der Waals surface area (Å²) in [4.78, 5) is 24.0. The molecular formula is C22H25NO4. The summed E-state index contributed by atoms with van der Waals surface area (Å²) >= 11 is 0. The van der Waals surface area contributed by atoms with E-state index in [-0.39, 0.29) is 25.2 Å². The lowest BCUT2D eigenvalue weighted by molar-refractivity contribution is -0.150. The lowest BCUT2D eigenvalue weighted by Crippen LogP contribution is -2.34. The van der Waals surface area contributed by atoms with Gasteiger partial charge in [0.05, 0.1) is 6.04 Å². The molecular weight excluding hydrogens is 342 g/mol. The van der Waals surface area contributed by atoms with Crippen molar-refractivity contribution in [1.29, 1.82) is 0 Å².